The smallest absolute Gasteiger partial charge is 0.294 e. The summed E-state index contributed by atoms with van der Waals surface area (Å²) in [5.41, 5.74) is 3.39. The number of hydrazine groups is 1. The second-order valence-corrected chi connectivity index (χ2v) is 5.13. The summed E-state index contributed by atoms with van der Waals surface area (Å²) in [6, 6.07) is 6.67. The molecule has 0 aliphatic rings. The molecule has 0 heterocycles. The summed E-state index contributed by atoms with van der Waals surface area (Å²) in [5.74, 6) is 4.66. The fourth-order valence-electron chi connectivity index (χ4n) is 1.98. The van der Waals surface area contributed by atoms with Crippen LogP contribution in [0.25, 0.3) is 0 Å². The van der Waals surface area contributed by atoms with Crippen LogP contribution in [-0.2, 0) is 17.8 Å². The Labute approximate surface area is 122 Å². The van der Waals surface area contributed by atoms with Crippen molar-refractivity contribution in [3.05, 3.63) is 35.4 Å². The molecule has 1 aromatic carbocycles. The summed E-state index contributed by atoms with van der Waals surface area (Å²) < 4.78 is 37.8. The summed E-state index contributed by atoms with van der Waals surface area (Å²) in [7, 11) is 0. The number of alkyl halides is 3. The van der Waals surface area contributed by atoms with Crippen molar-refractivity contribution in [3.63, 3.8) is 0 Å². The third kappa shape index (κ3) is 6.14. The van der Waals surface area contributed by atoms with Crippen molar-refractivity contribution in [1.29, 1.82) is 0 Å². The summed E-state index contributed by atoms with van der Waals surface area (Å²) in [4.78, 5) is 12.7. The molecule has 0 fully saturated rings. The number of hydrogen-bond donors (Lipinski definition) is 2. The molecule has 0 aliphatic carbocycles. The molecule has 1 amide bonds. The van der Waals surface area contributed by atoms with Crippen LogP contribution in [0.1, 0.15) is 25.0 Å². The predicted molar refractivity (Wildman–Crippen MR) is 74.1 cm³/mol. The van der Waals surface area contributed by atoms with E-state index in [2.05, 4.69) is 0 Å². The van der Waals surface area contributed by atoms with Crippen molar-refractivity contribution < 1.29 is 18.0 Å². The Morgan fingerprint density at radius 2 is 1.86 bits per heavy atom. The fraction of sp³-hybridized carbons (Fsp3) is 0.500. The molecular weight excluding hydrogens is 283 g/mol. The van der Waals surface area contributed by atoms with Gasteiger partial charge in [0.2, 0.25) is 5.91 Å². The van der Waals surface area contributed by atoms with Gasteiger partial charge >= 0.3 is 6.18 Å². The van der Waals surface area contributed by atoms with E-state index >= 15 is 0 Å². The van der Waals surface area contributed by atoms with Gasteiger partial charge in [-0.3, -0.25) is 15.1 Å². The Bertz CT molecular complexity index is 475. The summed E-state index contributed by atoms with van der Waals surface area (Å²) in [5, 5.41) is 0. The maximum atomic E-state index is 12.6. The zero-order chi connectivity index (χ0) is 16.0. The van der Waals surface area contributed by atoms with E-state index in [1.54, 1.807) is 38.1 Å². The van der Waals surface area contributed by atoms with Crippen molar-refractivity contribution in [3.8, 4) is 0 Å². The molecule has 1 aromatic rings. The number of carbonyl (C=O) groups is 1. The fourth-order valence-corrected chi connectivity index (χ4v) is 1.98. The van der Waals surface area contributed by atoms with E-state index in [4.69, 9.17) is 5.84 Å². The molecule has 0 aliphatic heterocycles. The van der Waals surface area contributed by atoms with Crippen molar-refractivity contribution in [2.45, 2.75) is 39.0 Å². The van der Waals surface area contributed by atoms with Crippen molar-refractivity contribution in [2.24, 2.45) is 5.84 Å². The van der Waals surface area contributed by atoms with Crippen LogP contribution >= 0.6 is 0 Å². The number of benzene rings is 1. The van der Waals surface area contributed by atoms with Gasteiger partial charge in [0, 0.05) is 12.6 Å². The molecular formula is C14H20F3N3O. The molecule has 4 nitrogen and oxygen atoms in total. The number of halogens is 3. The standard InChI is InChI=1S/C14H20F3N3O/c1-10(2)20(9-14(15,16)17)8-12-6-4-3-5-11(12)7-13(21)19-18/h3-6,10H,7-9,18H2,1-2H3,(H,19,21). The van der Waals surface area contributed by atoms with Gasteiger partial charge in [-0.05, 0) is 25.0 Å². The SMILES string of the molecule is CC(C)N(Cc1ccccc1CC(=O)NN)CC(F)(F)F. The minimum absolute atomic E-state index is 0.0463. The lowest BCUT2D eigenvalue weighted by Crippen LogP contribution is -2.39. The van der Waals surface area contributed by atoms with E-state index < -0.39 is 12.7 Å². The van der Waals surface area contributed by atoms with Gasteiger partial charge in [-0.15, -0.1) is 0 Å². The Kier molecular flexibility index (Phi) is 6.17. The van der Waals surface area contributed by atoms with Crippen LogP contribution in [0.2, 0.25) is 0 Å². The minimum atomic E-state index is -4.26. The molecule has 21 heavy (non-hydrogen) atoms. The van der Waals surface area contributed by atoms with Crippen LogP contribution in [0, 0.1) is 0 Å². The zero-order valence-electron chi connectivity index (χ0n) is 12.1. The highest BCUT2D eigenvalue weighted by Gasteiger charge is 2.32. The summed E-state index contributed by atoms with van der Waals surface area (Å²) >= 11 is 0. The Balaban J connectivity index is 2.91. The van der Waals surface area contributed by atoms with Gasteiger partial charge in [0.25, 0.3) is 0 Å². The zero-order valence-corrected chi connectivity index (χ0v) is 12.1. The molecule has 1 rings (SSSR count). The normalized spacial score (nSPS) is 12.0. The topological polar surface area (TPSA) is 58.4 Å². The van der Waals surface area contributed by atoms with Gasteiger partial charge < -0.3 is 0 Å². The molecule has 118 valence electrons. The number of nitrogens with two attached hydrogens (primary N) is 1. The van der Waals surface area contributed by atoms with Crippen LogP contribution in [0.3, 0.4) is 0 Å². The number of rotatable bonds is 6. The van der Waals surface area contributed by atoms with Crippen LogP contribution in [-0.4, -0.2) is 29.6 Å². The number of hydrogen-bond acceptors (Lipinski definition) is 3. The quantitative estimate of drug-likeness (QED) is 0.480. The van der Waals surface area contributed by atoms with Gasteiger partial charge in [-0.2, -0.15) is 13.2 Å². The molecule has 0 aromatic heterocycles. The lowest BCUT2D eigenvalue weighted by molar-refractivity contribution is -0.151. The van der Waals surface area contributed by atoms with Crippen molar-refractivity contribution in [1.82, 2.24) is 10.3 Å². The average Bonchev–Trinajstić information content (AvgIpc) is 2.38. The van der Waals surface area contributed by atoms with E-state index in [9.17, 15) is 18.0 Å². The first-order chi connectivity index (χ1) is 9.73. The molecule has 7 heteroatoms. The lowest BCUT2D eigenvalue weighted by atomic mass is 10.0. The van der Waals surface area contributed by atoms with Gasteiger partial charge in [0.15, 0.2) is 0 Å². The maximum absolute atomic E-state index is 12.6. The van der Waals surface area contributed by atoms with Gasteiger partial charge in [-0.25, -0.2) is 5.84 Å². The molecule has 0 atom stereocenters. The highest BCUT2D eigenvalue weighted by Crippen LogP contribution is 2.21. The highest BCUT2D eigenvalue weighted by atomic mass is 19.4. The van der Waals surface area contributed by atoms with Crippen LogP contribution in [0.4, 0.5) is 13.2 Å². The van der Waals surface area contributed by atoms with E-state index in [-0.39, 0.29) is 24.9 Å². The first kappa shape index (κ1) is 17.5. The Morgan fingerprint density at radius 3 is 2.33 bits per heavy atom. The van der Waals surface area contributed by atoms with Crippen LogP contribution < -0.4 is 11.3 Å². The largest absolute Gasteiger partial charge is 0.401 e. The number of nitrogens with zero attached hydrogens (tertiary/aromatic N) is 1. The predicted octanol–water partition coefficient (Wildman–Crippen LogP) is 1.99. The number of amides is 1. The molecule has 0 unspecified atom stereocenters. The highest BCUT2D eigenvalue weighted by molar-refractivity contribution is 5.78. The number of nitrogens with one attached hydrogen (secondary N) is 1. The Morgan fingerprint density at radius 1 is 1.29 bits per heavy atom. The van der Waals surface area contributed by atoms with Crippen LogP contribution in [0.15, 0.2) is 24.3 Å². The molecule has 3 N–H and O–H groups in total. The van der Waals surface area contributed by atoms with E-state index in [0.29, 0.717) is 11.1 Å². The number of carbonyl (C=O) groups excluding carboxylic acids is 1. The maximum Gasteiger partial charge on any atom is 0.401 e. The van der Waals surface area contributed by atoms with Crippen molar-refractivity contribution >= 4 is 5.91 Å². The first-order valence-electron chi connectivity index (χ1n) is 6.60. The molecule has 0 bridgehead atoms. The molecule has 0 spiro atoms. The van der Waals surface area contributed by atoms with Gasteiger partial charge in [-0.1, -0.05) is 24.3 Å². The van der Waals surface area contributed by atoms with Gasteiger partial charge in [0.05, 0.1) is 13.0 Å². The minimum Gasteiger partial charge on any atom is -0.294 e. The average molecular weight is 303 g/mol. The van der Waals surface area contributed by atoms with E-state index in [1.165, 1.54) is 4.90 Å². The second-order valence-electron chi connectivity index (χ2n) is 5.13. The van der Waals surface area contributed by atoms with E-state index in [0.717, 1.165) is 0 Å². The second kappa shape index (κ2) is 7.42. The van der Waals surface area contributed by atoms with Crippen LogP contribution in [0.5, 0.6) is 0 Å². The molecule has 0 saturated heterocycles. The third-order valence-electron chi connectivity index (χ3n) is 3.12. The third-order valence-corrected chi connectivity index (χ3v) is 3.12. The van der Waals surface area contributed by atoms with E-state index in [1.807, 2.05) is 5.43 Å². The summed E-state index contributed by atoms with van der Waals surface area (Å²) in [6.45, 7) is 2.56. The Hall–Kier alpha value is -1.60. The molecule has 0 saturated carbocycles. The lowest BCUT2D eigenvalue weighted by Gasteiger charge is -2.28. The monoisotopic (exact) mass is 303 g/mol. The molecule has 0 radical (unpaired) electrons. The summed E-state index contributed by atoms with van der Waals surface area (Å²) in [6.07, 6.45) is -4.21. The van der Waals surface area contributed by atoms with Crippen molar-refractivity contribution in [2.75, 3.05) is 6.54 Å². The van der Waals surface area contributed by atoms with Gasteiger partial charge in [0.1, 0.15) is 0 Å². The first-order valence-corrected chi connectivity index (χ1v) is 6.60.